The van der Waals surface area contributed by atoms with E-state index < -0.39 is 30.5 Å². The Balaban J connectivity index is 1.64. The van der Waals surface area contributed by atoms with Crippen LogP contribution in [0.25, 0.3) is 0 Å². The molecule has 0 atom stereocenters. The molecule has 0 aromatic heterocycles. The topological polar surface area (TPSA) is 75.7 Å². The molecular formula is C20H16BrF3N2O4. The maximum absolute atomic E-state index is 12.5. The van der Waals surface area contributed by atoms with Gasteiger partial charge in [-0.2, -0.15) is 13.2 Å². The number of carbonyl (C=O) groups is 3. The van der Waals surface area contributed by atoms with Crippen LogP contribution in [0.4, 0.5) is 18.9 Å². The van der Waals surface area contributed by atoms with E-state index in [0.717, 1.165) is 4.90 Å². The minimum Gasteiger partial charge on any atom is -0.482 e. The summed E-state index contributed by atoms with van der Waals surface area (Å²) in [5, 5.41) is 2.47. The monoisotopic (exact) mass is 484 g/mol. The lowest BCUT2D eigenvalue weighted by atomic mass is 10.1. The number of hydrogen-bond acceptors (Lipinski definition) is 4. The van der Waals surface area contributed by atoms with E-state index in [-0.39, 0.29) is 35.5 Å². The molecule has 0 spiro atoms. The average molecular weight is 485 g/mol. The van der Waals surface area contributed by atoms with Gasteiger partial charge in [-0.1, -0.05) is 22.0 Å². The molecule has 158 valence electrons. The van der Waals surface area contributed by atoms with E-state index in [1.807, 2.05) is 0 Å². The van der Waals surface area contributed by atoms with Crippen molar-refractivity contribution < 1.29 is 32.3 Å². The molecule has 0 radical (unpaired) electrons. The summed E-state index contributed by atoms with van der Waals surface area (Å²) in [6, 6.07) is 9.11. The summed E-state index contributed by atoms with van der Waals surface area (Å²) in [6.45, 7) is 0.0109. The molecule has 0 saturated heterocycles. The Kier molecular flexibility index (Phi) is 6.16. The Hall–Kier alpha value is -2.88. The van der Waals surface area contributed by atoms with Gasteiger partial charge in [-0.05, 0) is 42.8 Å². The van der Waals surface area contributed by atoms with Crippen molar-refractivity contribution in [3.63, 3.8) is 0 Å². The van der Waals surface area contributed by atoms with Crippen LogP contribution >= 0.6 is 15.9 Å². The number of nitrogens with zero attached hydrogens (tertiary/aromatic N) is 1. The van der Waals surface area contributed by atoms with Gasteiger partial charge in [-0.15, -0.1) is 0 Å². The maximum atomic E-state index is 12.5. The molecular weight excluding hydrogens is 469 g/mol. The van der Waals surface area contributed by atoms with Crippen molar-refractivity contribution in [2.75, 3.05) is 18.5 Å². The fourth-order valence-electron chi connectivity index (χ4n) is 2.90. The van der Waals surface area contributed by atoms with Crippen LogP contribution in [0.1, 0.15) is 32.7 Å². The number of benzene rings is 2. The minimum atomic E-state index is -4.52. The zero-order chi connectivity index (χ0) is 22.1. The van der Waals surface area contributed by atoms with Crippen LogP contribution in [-0.4, -0.2) is 41.9 Å². The van der Waals surface area contributed by atoms with Crippen LogP contribution in [0.2, 0.25) is 0 Å². The molecule has 0 unspecified atom stereocenters. The first kappa shape index (κ1) is 21.8. The maximum Gasteiger partial charge on any atom is 0.422 e. The smallest absolute Gasteiger partial charge is 0.422 e. The first-order chi connectivity index (χ1) is 14.0. The van der Waals surface area contributed by atoms with Crippen LogP contribution < -0.4 is 10.1 Å². The first-order valence-corrected chi connectivity index (χ1v) is 9.60. The van der Waals surface area contributed by atoms with Gasteiger partial charge >= 0.3 is 6.18 Å². The summed E-state index contributed by atoms with van der Waals surface area (Å²) < 4.78 is 42.8. The number of ether oxygens (including phenoxy) is 1. The van der Waals surface area contributed by atoms with E-state index in [0.29, 0.717) is 10.0 Å². The van der Waals surface area contributed by atoms with Gasteiger partial charge in [0.15, 0.2) is 6.61 Å². The molecule has 0 fully saturated rings. The second kappa shape index (κ2) is 8.47. The normalized spacial score (nSPS) is 13.4. The number of aryl methyl sites for hydroxylation is 1. The highest BCUT2D eigenvalue weighted by molar-refractivity contribution is 9.10. The standard InChI is InChI=1S/C20H16BrF3N2O4/c1-11-2-5-15(16(8-11)30-10-20(22,23)24)25-17(27)6-7-26-18(28)13-4-3-12(21)9-14(13)19(26)29/h2-5,8-9H,6-7,10H2,1H3,(H,25,27). The fraction of sp³-hybridized carbons (Fsp3) is 0.250. The van der Waals surface area contributed by atoms with Crippen molar-refractivity contribution in [1.29, 1.82) is 0 Å². The van der Waals surface area contributed by atoms with E-state index >= 15 is 0 Å². The summed E-state index contributed by atoms with van der Waals surface area (Å²) in [7, 11) is 0. The van der Waals surface area contributed by atoms with Gasteiger partial charge in [0.05, 0.1) is 16.8 Å². The summed E-state index contributed by atoms with van der Waals surface area (Å²) in [5.41, 5.74) is 1.23. The minimum absolute atomic E-state index is 0.0705. The molecule has 2 aromatic carbocycles. The fourth-order valence-corrected chi connectivity index (χ4v) is 3.26. The molecule has 0 saturated carbocycles. The van der Waals surface area contributed by atoms with E-state index in [1.54, 1.807) is 19.1 Å². The molecule has 1 N–H and O–H groups in total. The number of alkyl halides is 3. The molecule has 1 aliphatic heterocycles. The number of amides is 3. The van der Waals surface area contributed by atoms with Gasteiger partial charge in [0, 0.05) is 17.4 Å². The number of hydrogen-bond donors (Lipinski definition) is 1. The van der Waals surface area contributed by atoms with Crippen LogP contribution in [0.15, 0.2) is 40.9 Å². The Morgan fingerprint density at radius 3 is 2.50 bits per heavy atom. The molecule has 2 aromatic rings. The van der Waals surface area contributed by atoms with E-state index in [4.69, 9.17) is 4.74 Å². The quantitative estimate of drug-likeness (QED) is 0.619. The van der Waals surface area contributed by atoms with Crippen molar-refractivity contribution in [2.45, 2.75) is 19.5 Å². The number of nitrogens with one attached hydrogen (secondary N) is 1. The molecule has 10 heteroatoms. The molecule has 30 heavy (non-hydrogen) atoms. The van der Waals surface area contributed by atoms with Gasteiger partial charge < -0.3 is 10.1 Å². The number of halogens is 4. The summed E-state index contributed by atoms with van der Waals surface area (Å²) >= 11 is 3.24. The lowest BCUT2D eigenvalue weighted by Gasteiger charge is -2.16. The lowest BCUT2D eigenvalue weighted by molar-refractivity contribution is -0.153. The van der Waals surface area contributed by atoms with Gasteiger partial charge in [0.2, 0.25) is 5.91 Å². The number of rotatable bonds is 6. The predicted molar refractivity (Wildman–Crippen MR) is 105 cm³/mol. The number of fused-ring (bicyclic) bond motifs is 1. The number of anilines is 1. The van der Waals surface area contributed by atoms with Crippen LogP contribution in [-0.2, 0) is 4.79 Å². The molecule has 1 heterocycles. The highest BCUT2D eigenvalue weighted by Crippen LogP contribution is 2.29. The third-order valence-electron chi connectivity index (χ3n) is 4.30. The molecule has 3 amide bonds. The molecule has 1 aliphatic rings. The third kappa shape index (κ3) is 4.99. The van der Waals surface area contributed by atoms with Crippen molar-refractivity contribution in [1.82, 2.24) is 4.90 Å². The highest BCUT2D eigenvalue weighted by Gasteiger charge is 2.35. The first-order valence-electron chi connectivity index (χ1n) is 8.81. The Bertz CT molecular complexity index is 1020. The van der Waals surface area contributed by atoms with Crippen molar-refractivity contribution in [3.05, 3.63) is 57.6 Å². The van der Waals surface area contributed by atoms with E-state index in [9.17, 15) is 27.6 Å². The number of imide groups is 1. The van der Waals surface area contributed by atoms with Crippen LogP contribution in [0.5, 0.6) is 5.75 Å². The van der Waals surface area contributed by atoms with Crippen LogP contribution in [0, 0.1) is 6.92 Å². The van der Waals surface area contributed by atoms with Gasteiger partial charge in [-0.3, -0.25) is 19.3 Å². The molecule has 6 nitrogen and oxygen atoms in total. The van der Waals surface area contributed by atoms with Gasteiger partial charge in [0.1, 0.15) is 5.75 Å². The summed E-state index contributed by atoms with van der Waals surface area (Å²) in [5.74, 6) is -1.70. The largest absolute Gasteiger partial charge is 0.482 e. The third-order valence-corrected chi connectivity index (χ3v) is 4.79. The van der Waals surface area contributed by atoms with E-state index in [2.05, 4.69) is 21.2 Å². The molecule has 3 rings (SSSR count). The molecule has 0 aliphatic carbocycles. The second-order valence-electron chi connectivity index (χ2n) is 6.65. The van der Waals surface area contributed by atoms with Gasteiger partial charge in [0.25, 0.3) is 11.8 Å². The summed E-state index contributed by atoms with van der Waals surface area (Å²) in [4.78, 5) is 38.1. The predicted octanol–water partition coefficient (Wildman–Crippen LogP) is 4.32. The molecule has 0 bridgehead atoms. The Morgan fingerprint density at radius 1 is 1.10 bits per heavy atom. The van der Waals surface area contributed by atoms with Crippen molar-refractivity contribution in [3.8, 4) is 5.75 Å². The second-order valence-corrected chi connectivity index (χ2v) is 7.57. The van der Waals surface area contributed by atoms with Gasteiger partial charge in [-0.25, -0.2) is 0 Å². The highest BCUT2D eigenvalue weighted by atomic mass is 79.9. The Morgan fingerprint density at radius 2 is 1.80 bits per heavy atom. The lowest BCUT2D eigenvalue weighted by Crippen LogP contribution is -2.33. The average Bonchev–Trinajstić information content (AvgIpc) is 2.89. The Labute approximate surface area is 178 Å². The zero-order valence-corrected chi connectivity index (χ0v) is 17.3. The summed E-state index contributed by atoms with van der Waals surface area (Å²) in [6.07, 6.45) is -4.75. The van der Waals surface area contributed by atoms with Crippen molar-refractivity contribution >= 4 is 39.3 Å². The zero-order valence-electron chi connectivity index (χ0n) is 15.7. The van der Waals surface area contributed by atoms with Crippen LogP contribution in [0.3, 0.4) is 0 Å². The number of carbonyl (C=O) groups excluding carboxylic acids is 3. The van der Waals surface area contributed by atoms with E-state index in [1.165, 1.54) is 24.3 Å². The SMILES string of the molecule is Cc1ccc(NC(=O)CCN2C(=O)c3ccc(Br)cc3C2=O)c(OCC(F)(F)F)c1. The van der Waals surface area contributed by atoms with Crippen molar-refractivity contribution in [2.24, 2.45) is 0 Å².